The van der Waals surface area contributed by atoms with Crippen LogP contribution in [0.25, 0.3) is 16.5 Å². The first kappa shape index (κ1) is 11.5. The molecule has 4 rings (SSSR count). The quantitative estimate of drug-likeness (QED) is 0.592. The Balaban J connectivity index is 2.02. The lowest BCUT2D eigenvalue weighted by atomic mass is 9.84. The zero-order valence-corrected chi connectivity index (χ0v) is 11.5. The molecule has 0 amide bonds. The highest BCUT2D eigenvalue weighted by Crippen LogP contribution is 2.37. The summed E-state index contributed by atoms with van der Waals surface area (Å²) < 4.78 is 5.57. The maximum absolute atomic E-state index is 5.57. The van der Waals surface area contributed by atoms with Crippen molar-refractivity contribution >= 4 is 16.5 Å². The van der Waals surface area contributed by atoms with E-state index in [0.29, 0.717) is 0 Å². The molecule has 3 aromatic rings. The topological polar surface area (TPSA) is 13.1 Å². The summed E-state index contributed by atoms with van der Waals surface area (Å²) in [5.41, 5.74) is 7.77. The van der Waals surface area contributed by atoms with Gasteiger partial charge in [-0.15, -0.1) is 0 Å². The fourth-order valence-electron chi connectivity index (χ4n) is 3.23. The highest BCUT2D eigenvalue weighted by molar-refractivity contribution is 5.98. The number of rotatable bonds is 1. The first-order chi connectivity index (χ1) is 9.84. The van der Waals surface area contributed by atoms with Crippen molar-refractivity contribution in [3.63, 3.8) is 0 Å². The minimum Gasteiger partial charge on any atom is -0.464 e. The van der Waals surface area contributed by atoms with Crippen LogP contribution in [0.5, 0.6) is 0 Å². The first-order valence-electron chi connectivity index (χ1n) is 7.10. The summed E-state index contributed by atoms with van der Waals surface area (Å²) in [6.07, 6.45) is 6.40. The van der Waals surface area contributed by atoms with Gasteiger partial charge in [0.25, 0.3) is 0 Å². The number of hydrogen-bond acceptors (Lipinski definition) is 1. The second kappa shape index (κ2) is 4.38. The summed E-state index contributed by atoms with van der Waals surface area (Å²) in [7, 11) is 0. The third-order valence-electron chi connectivity index (χ3n) is 4.18. The second-order valence-electron chi connectivity index (χ2n) is 5.40. The molecule has 0 unspecified atom stereocenters. The number of allylic oxidation sites excluding steroid dienone is 1. The fourth-order valence-corrected chi connectivity index (χ4v) is 3.23. The highest BCUT2D eigenvalue weighted by Gasteiger charge is 2.18. The van der Waals surface area contributed by atoms with Gasteiger partial charge in [0.05, 0.1) is 6.26 Å². The molecule has 1 aliphatic rings. The molecule has 20 heavy (non-hydrogen) atoms. The molecule has 1 aliphatic carbocycles. The summed E-state index contributed by atoms with van der Waals surface area (Å²) in [5.74, 6) is 0. The van der Waals surface area contributed by atoms with Crippen molar-refractivity contribution in [2.24, 2.45) is 0 Å². The Bertz CT molecular complexity index is 821. The molecule has 1 heteroatoms. The van der Waals surface area contributed by atoms with Crippen LogP contribution in [-0.2, 0) is 6.42 Å². The average molecular weight is 260 g/mol. The van der Waals surface area contributed by atoms with Crippen LogP contribution in [0.3, 0.4) is 0 Å². The number of fused-ring (bicyclic) bond motifs is 2. The summed E-state index contributed by atoms with van der Waals surface area (Å²) in [6, 6.07) is 15.0. The number of furan rings is 1. The van der Waals surface area contributed by atoms with Crippen molar-refractivity contribution in [1.82, 2.24) is 0 Å². The normalized spacial score (nSPS) is 14.2. The Morgan fingerprint density at radius 2 is 1.90 bits per heavy atom. The molecular weight excluding hydrogens is 244 g/mol. The molecule has 0 bridgehead atoms. The van der Waals surface area contributed by atoms with Crippen LogP contribution in [0.2, 0.25) is 0 Å². The Kier molecular flexibility index (Phi) is 2.53. The summed E-state index contributed by atoms with van der Waals surface area (Å²) in [4.78, 5) is 0. The summed E-state index contributed by atoms with van der Waals surface area (Å²) in [6.45, 7) is 2.18. The van der Waals surface area contributed by atoms with E-state index in [4.69, 9.17) is 4.42 Å². The van der Waals surface area contributed by atoms with E-state index in [1.807, 2.05) is 0 Å². The van der Waals surface area contributed by atoms with Crippen LogP contribution in [0.4, 0.5) is 0 Å². The van der Waals surface area contributed by atoms with E-state index >= 15 is 0 Å². The predicted octanol–water partition coefficient (Wildman–Crippen LogP) is 5.12. The van der Waals surface area contributed by atoms with Gasteiger partial charge in [-0.05, 0) is 59.7 Å². The van der Waals surface area contributed by atoms with Gasteiger partial charge in [0, 0.05) is 5.39 Å². The van der Waals surface area contributed by atoms with E-state index in [2.05, 4.69) is 55.5 Å². The van der Waals surface area contributed by atoms with Gasteiger partial charge in [0.2, 0.25) is 0 Å². The van der Waals surface area contributed by atoms with Crippen LogP contribution >= 0.6 is 0 Å². The SMILES string of the molecule is Cc1ccc2occc2c1C1=CCCc2ccccc21. The van der Waals surface area contributed by atoms with Crippen molar-refractivity contribution in [2.75, 3.05) is 0 Å². The molecule has 0 saturated heterocycles. The van der Waals surface area contributed by atoms with Crippen LogP contribution in [0.1, 0.15) is 28.7 Å². The molecule has 0 N–H and O–H groups in total. The largest absolute Gasteiger partial charge is 0.464 e. The maximum Gasteiger partial charge on any atom is 0.134 e. The van der Waals surface area contributed by atoms with Gasteiger partial charge in [-0.25, -0.2) is 0 Å². The van der Waals surface area contributed by atoms with Crippen LogP contribution in [0.15, 0.2) is 59.2 Å². The Hall–Kier alpha value is -2.28. The molecular formula is C19H16O. The summed E-state index contributed by atoms with van der Waals surface area (Å²) in [5, 5.41) is 1.22. The third-order valence-corrected chi connectivity index (χ3v) is 4.18. The lowest BCUT2D eigenvalue weighted by molar-refractivity contribution is 0.616. The third kappa shape index (κ3) is 1.63. The smallest absolute Gasteiger partial charge is 0.134 e. The van der Waals surface area contributed by atoms with Crippen molar-refractivity contribution < 1.29 is 4.42 Å². The fraction of sp³-hybridized carbons (Fsp3) is 0.158. The molecule has 1 aromatic heterocycles. The molecule has 0 aliphatic heterocycles. The number of aryl methyl sites for hydroxylation is 2. The van der Waals surface area contributed by atoms with E-state index in [0.717, 1.165) is 18.4 Å². The van der Waals surface area contributed by atoms with Crippen molar-refractivity contribution in [1.29, 1.82) is 0 Å². The van der Waals surface area contributed by atoms with Crippen molar-refractivity contribution in [2.45, 2.75) is 19.8 Å². The van der Waals surface area contributed by atoms with Crippen LogP contribution < -0.4 is 0 Å². The lowest BCUT2D eigenvalue weighted by Crippen LogP contribution is -2.02. The van der Waals surface area contributed by atoms with Gasteiger partial charge >= 0.3 is 0 Å². The molecule has 0 saturated carbocycles. The van der Waals surface area contributed by atoms with Gasteiger partial charge in [-0.1, -0.05) is 36.4 Å². The predicted molar refractivity (Wildman–Crippen MR) is 82.8 cm³/mol. The maximum atomic E-state index is 5.57. The second-order valence-corrected chi connectivity index (χ2v) is 5.40. The summed E-state index contributed by atoms with van der Waals surface area (Å²) >= 11 is 0. The Morgan fingerprint density at radius 1 is 1.00 bits per heavy atom. The van der Waals surface area contributed by atoms with Gasteiger partial charge in [-0.2, -0.15) is 0 Å². The van der Waals surface area contributed by atoms with Crippen LogP contribution in [0, 0.1) is 6.92 Å². The van der Waals surface area contributed by atoms with Crippen LogP contribution in [-0.4, -0.2) is 0 Å². The Labute approximate surface area is 118 Å². The first-order valence-corrected chi connectivity index (χ1v) is 7.10. The molecule has 0 atom stereocenters. The van der Waals surface area contributed by atoms with E-state index in [-0.39, 0.29) is 0 Å². The standard InChI is InChI=1S/C19H16O/c1-13-9-10-18-17(11-12-20-18)19(13)16-8-4-6-14-5-2-3-7-15(14)16/h2-3,5,7-12H,4,6H2,1H3. The van der Waals surface area contributed by atoms with Gasteiger partial charge < -0.3 is 4.42 Å². The molecule has 1 nitrogen and oxygen atoms in total. The van der Waals surface area contributed by atoms with E-state index in [9.17, 15) is 0 Å². The number of benzene rings is 2. The number of hydrogen-bond donors (Lipinski definition) is 0. The molecule has 0 radical (unpaired) electrons. The molecule has 0 fully saturated rings. The van der Waals surface area contributed by atoms with Crippen molar-refractivity contribution in [3.05, 3.63) is 77.1 Å². The van der Waals surface area contributed by atoms with E-state index in [1.54, 1.807) is 6.26 Å². The zero-order chi connectivity index (χ0) is 13.5. The lowest BCUT2D eigenvalue weighted by Gasteiger charge is -2.20. The molecule has 98 valence electrons. The molecule has 2 aromatic carbocycles. The minimum absolute atomic E-state index is 0.967. The molecule has 1 heterocycles. The minimum atomic E-state index is 0.967. The highest BCUT2D eigenvalue weighted by atomic mass is 16.3. The van der Waals surface area contributed by atoms with Gasteiger partial charge in [-0.3, -0.25) is 0 Å². The molecule has 0 spiro atoms. The zero-order valence-electron chi connectivity index (χ0n) is 11.5. The Morgan fingerprint density at radius 3 is 2.85 bits per heavy atom. The van der Waals surface area contributed by atoms with Gasteiger partial charge in [0.15, 0.2) is 0 Å². The van der Waals surface area contributed by atoms with Gasteiger partial charge in [0.1, 0.15) is 5.58 Å². The van der Waals surface area contributed by atoms with E-state index < -0.39 is 0 Å². The average Bonchev–Trinajstić information content (AvgIpc) is 2.95. The monoisotopic (exact) mass is 260 g/mol. The van der Waals surface area contributed by atoms with E-state index in [1.165, 1.54) is 33.2 Å². The van der Waals surface area contributed by atoms with Crippen molar-refractivity contribution in [3.8, 4) is 0 Å².